The third kappa shape index (κ3) is 3.49. The highest BCUT2D eigenvalue weighted by molar-refractivity contribution is 6.62. The molecule has 0 amide bonds. The van der Waals surface area contributed by atoms with Crippen molar-refractivity contribution in [3.63, 3.8) is 0 Å². The van der Waals surface area contributed by atoms with Gasteiger partial charge in [-0.3, -0.25) is 0 Å². The van der Waals surface area contributed by atoms with E-state index < -0.39 is 0 Å². The average molecular weight is 378 g/mol. The van der Waals surface area contributed by atoms with Gasteiger partial charge in [-0.05, 0) is 74.7 Å². The van der Waals surface area contributed by atoms with Crippen molar-refractivity contribution in [3.05, 3.63) is 59.2 Å². The summed E-state index contributed by atoms with van der Waals surface area (Å²) in [6.07, 6.45) is 2.11. The Morgan fingerprint density at radius 1 is 0.929 bits per heavy atom. The lowest BCUT2D eigenvalue weighted by molar-refractivity contribution is 0.00578. The molecule has 2 aliphatic rings. The highest BCUT2D eigenvalue weighted by Crippen LogP contribution is 2.38. The van der Waals surface area contributed by atoms with E-state index >= 15 is 0 Å². The number of benzene rings is 2. The molecule has 0 aliphatic carbocycles. The van der Waals surface area contributed by atoms with Crippen LogP contribution in [0.4, 0.5) is 0 Å². The molecule has 0 radical (unpaired) electrons. The van der Waals surface area contributed by atoms with Gasteiger partial charge in [0.2, 0.25) is 0 Å². The van der Waals surface area contributed by atoms with Crippen molar-refractivity contribution in [2.75, 3.05) is 0 Å². The first-order valence-electron chi connectivity index (χ1n) is 10.4. The lowest BCUT2D eigenvalue weighted by atomic mass is 9.77. The Balaban J connectivity index is 1.51. The number of aryl methyl sites for hydroxylation is 1. The van der Waals surface area contributed by atoms with E-state index in [0.29, 0.717) is 5.92 Å². The summed E-state index contributed by atoms with van der Waals surface area (Å²) < 4.78 is 18.7. The quantitative estimate of drug-likeness (QED) is 0.690. The van der Waals surface area contributed by atoms with Crippen LogP contribution < -0.4 is 10.2 Å². The third-order valence-corrected chi connectivity index (χ3v) is 6.53. The van der Waals surface area contributed by atoms with Gasteiger partial charge in [0, 0.05) is 0 Å². The molecule has 4 rings (SSSR count). The summed E-state index contributed by atoms with van der Waals surface area (Å²) in [4.78, 5) is 0. The lowest BCUT2D eigenvalue weighted by Crippen LogP contribution is -2.41. The predicted molar refractivity (Wildman–Crippen MR) is 114 cm³/mol. The Hall–Kier alpha value is -1.78. The largest absolute Gasteiger partial charge is 0.494 e. The van der Waals surface area contributed by atoms with Gasteiger partial charge in [0.05, 0.1) is 11.2 Å². The van der Waals surface area contributed by atoms with Gasteiger partial charge in [-0.2, -0.15) is 0 Å². The van der Waals surface area contributed by atoms with Crippen LogP contribution in [-0.2, 0) is 15.7 Å². The summed E-state index contributed by atoms with van der Waals surface area (Å²) >= 11 is 0. The molecule has 2 aromatic rings. The van der Waals surface area contributed by atoms with Crippen molar-refractivity contribution in [2.24, 2.45) is 0 Å². The number of rotatable bonds is 3. The molecule has 3 nitrogen and oxygen atoms in total. The molecule has 2 aromatic carbocycles. The van der Waals surface area contributed by atoms with E-state index in [4.69, 9.17) is 14.0 Å². The SMILES string of the molecule is CC(C)c1ccc(C2CCc3cc(B4OC(C)(C)C(C)(C)O4)ccc3O2)cc1. The fourth-order valence-electron chi connectivity index (χ4n) is 3.86. The van der Waals surface area contributed by atoms with Crippen LogP contribution in [0.5, 0.6) is 5.75 Å². The standard InChI is InChI=1S/C24H31BO3/c1-16(2)17-7-9-18(10-8-17)21-13-11-19-15-20(12-14-22(19)26-21)25-27-23(3,4)24(5,6)28-25/h7-10,12,14-16,21H,11,13H2,1-6H3. The Kier molecular flexibility index (Phi) is 4.83. The molecule has 0 N–H and O–H groups in total. The summed E-state index contributed by atoms with van der Waals surface area (Å²) in [6.45, 7) is 12.8. The number of hydrogen-bond acceptors (Lipinski definition) is 3. The maximum atomic E-state index is 6.34. The lowest BCUT2D eigenvalue weighted by Gasteiger charge is -2.32. The molecule has 1 saturated heterocycles. The van der Waals surface area contributed by atoms with E-state index in [1.165, 1.54) is 16.7 Å². The Bertz CT molecular complexity index is 839. The van der Waals surface area contributed by atoms with E-state index in [2.05, 4.69) is 84.0 Å². The molecule has 1 unspecified atom stereocenters. The molecule has 0 spiro atoms. The van der Waals surface area contributed by atoms with Crippen molar-refractivity contribution in [2.45, 2.75) is 77.6 Å². The van der Waals surface area contributed by atoms with Crippen molar-refractivity contribution in [3.8, 4) is 5.75 Å². The highest BCUT2D eigenvalue weighted by Gasteiger charge is 2.51. The smallest absolute Gasteiger partial charge is 0.485 e. The van der Waals surface area contributed by atoms with Crippen LogP contribution >= 0.6 is 0 Å². The van der Waals surface area contributed by atoms with Crippen LogP contribution in [0.1, 0.15) is 76.7 Å². The molecule has 0 bridgehead atoms. The summed E-state index contributed by atoms with van der Waals surface area (Å²) in [6, 6.07) is 15.2. The van der Waals surface area contributed by atoms with Crippen molar-refractivity contribution < 1.29 is 14.0 Å². The monoisotopic (exact) mass is 378 g/mol. The summed E-state index contributed by atoms with van der Waals surface area (Å²) in [5.41, 5.74) is 4.29. The second kappa shape index (κ2) is 6.93. The molecule has 4 heteroatoms. The van der Waals surface area contributed by atoms with Crippen LogP contribution in [0.25, 0.3) is 0 Å². The minimum Gasteiger partial charge on any atom is -0.485 e. The summed E-state index contributed by atoms with van der Waals surface area (Å²) in [7, 11) is -0.323. The minimum atomic E-state index is -0.323. The Morgan fingerprint density at radius 3 is 2.18 bits per heavy atom. The number of hydrogen-bond donors (Lipinski definition) is 0. The molecule has 28 heavy (non-hydrogen) atoms. The fraction of sp³-hybridized carbons (Fsp3) is 0.500. The summed E-state index contributed by atoms with van der Waals surface area (Å²) in [5, 5.41) is 0. The van der Waals surface area contributed by atoms with Gasteiger partial charge in [-0.15, -0.1) is 0 Å². The molecule has 148 valence electrons. The van der Waals surface area contributed by atoms with Crippen molar-refractivity contribution in [1.29, 1.82) is 0 Å². The topological polar surface area (TPSA) is 27.7 Å². The highest BCUT2D eigenvalue weighted by atomic mass is 16.7. The molecule has 0 aromatic heterocycles. The van der Waals surface area contributed by atoms with Gasteiger partial charge in [-0.1, -0.05) is 50.2 Å². The van der Waals surface area contributed by atoms with E-state index in [1.54, 1.807) is 0 Å². The van der Waals surface area contributed by atoms with E-state index in [9.17, 15) is 0 Å². The third-order valence-electron chi connectivity index (χ3n) is 6.53. The Labute approximate surface area is 169 Å². The van der Waals surface area contributed by atoms with Crippen LogP contribution in [-0.4, -0.2) is 18.3 Å². The second-order valence-corrected chi connectivity index (χ2v) is 9.42. The van der Waals surface area contributed by atoms with Crippen LogP contribution in [0.15, 0.2) is 42.5 Å². The molecule has 1 fully saturated rings. The maximum Gasteiger partial charge on any atom is 0.494 e. The second-order valence-electron chi connectivity index (χ2n) is 9.42. The first-order valence-corrected chi connectivity index (χ1v) is 10.4. The zero-order valence-electron chi connectivity index (χ0n) is 17.9. The van der Waals surface area contributed by atoms with Crippen molar-refractivity contribution in [1.82, 2.24) is 0 Å². The van der Waals surface area contributed by atoms with Gasteiger partial charge >= 0.3 is 7.12 Å². The predicted octanol–water partition coefficient (Wildman–Crippen LogP) is 5.18. The van der Waals surface area contributed by atoms with Crippen molar-refractivity contribution >= 4 is 12.6 Å². The van der Waals surface area contributed by atoms with Gasteiger partial charge in [0.15, 0.2) is 0 Å². The first kappa shape index (κ1) is 19.5. The fourth-order valence-corrected chi connectivity index (χ4v) is 3.86. The first-order chi connectivity index (χ1) is 13.2. The van der Waals surface area contributed by atoms with Gasteiger partial charge in [0.1, 0.15) is 11.9 Å². The van der Waals surface area contributed by atoms with Gasteiger partial charge < -0.3 is 14.0 Å². The summed E-state index contributed by atoms with van der Waals surface area (Å²) in [5.74, 6) is 1.53. The van der Waals surface area contributed by atoms with E-state index in [0.717, 1.165) is 24.1 Å². The molecule has 2 aliphatic heterocycles. The molecule has 0 saturated carbocycles. The maximum absolute atomic E-state index is 6.34. The normalized spacial score (nSPS) is 22.8. The zero-order chi connectivity index (χ0) is 20.1. The zero-order valence-corrected chi connectivity index (χ0v) is 17.9. The molecular weight excluding hydrogens is 347 g/mol. The van der Waals surface area contributed by atoms with Crippen LogP contribution in [0.2, 0.25) is 0 Å². The average Bonchev–Trinajstić information content (AvgIpc) is 2.88. The number of ether oxygens (including phenoxy) is 1. The van der Waals surface area contributed by atoms with Gasteiger partial charge in [0.25, 0.3) is 0 Å². The van der Waals surface area contributed by atoms with Crippen LogP contribution in [0, 0.1) is 0 Å². The van der Waals surface area contributed by atoms with E-state index in [-0.39, 0.29) is 24.4 Å². The molecule has 2 heterocycles. The van der Waals surface area contributed by atoms with E-state index in [1.807, 2.05) is 0 Å². The Morgan fingerprint density at radius 2 is 1.57 bits per heavy atom. The van der Waals surface area contributed by atoms with Crippen LogP contribution in [0.3, 0.4) is 0 Å². The van der Waals surface area contributed by atoms with Gasteiger partial charge in [-0.25, -0.2) is 0 Å². The molecular formula is C24H31BO3. The minimum absolute atomic E-state index is 0.122. The molecule has 1 atom stereocenters. The number of fused-ring (bicyclic) bond motifs is 1.